The van der Waals surface area contributed by atoms with Crippen LogP contribution in [0.5, 0.6) is 0 Å². The van der Waals surface area contributed by atoms with Gasteiger partial charge in [0.05, 0.1) is 0 Å². The van der Waals surface area contributed by atoms with E-state index in [-0.39, 0.29) is 16.6 Å². The molecule has 158 valence electrons. The Kier molecular flexibility index (Phi) is 5.04. The summed E-state index contributed by atoms with van der Waals surface area (Å²) in [7, 11) is 0. The first-order valence-electron chi connectivity index (χ1n) is 11.1. The van der Waals surface area contributed by atoms with Crippen LogP contribution in [0.25, 0.3) is 11.1 Å². The highest BCUT2D eigenvalue weighted by Gasteiger charge is 2.35. The lowest BCUT2D eigenvalue weighted by Gasteiger charge is -2.31. The maximum absolute atomic E-state index is 13.4. The monoisotopic (exact) mass is 408 g/mol. The summed E-state index contributed by atoms with van der Waals surface area (Å²) in [5.74, 6) is 0.179. The highest BCUT2D eigenvalue weighted by molar-refractivity contribution is 6.13. The first-order chi connectivity index (χ1) is 14.5. The number of carbonyl (C=O) groups excluding carboxylic acids is 1. The fourth-order valence-corrected chi connectivity index (χ4v) is 4.36. The predicted octanol–water partition coefficient (Wildman–Crippen LogP) is 7.72. The summed E-state index contributed by atoms with van der Waals surface area (Å²) in [6, 6.07) is 17.3. The smallest absolute Gasteiger partial charge is 0.186 e. The maximum Gasteiger partial charge on any atom is 0.186 e. The number of benzene rings is 2. The molecule has 0 aliphatic heterocycles. The van der Waals surface area contributed by atoms with E-state index in [0.717, 1.165) is 16.7 Å². The number of fused-ring (bicyclic) bond motifs is 1. The molecule has 4 rings (SSSR count). The van der Waals surface area contributed by atoms with Crippen molar-refractivity contribution in [3.05, 3.63) is 106 Å². The van der Waals surface area contributed by atoms with Gasteiger partial charge in [0.25, 0.3) is 0 Å². The van der Waals surface area contributed by atoms with Gasteiger partial charge in [-0.05, 0) is 69.4 Å². The van der Waals surface area contributed by atoms with Gasteiger partial charge in [-0.1, -0.05) is 95.6 Å². The molecule has 0 amide bonds. The second-order valence-corrected chi connectivity index (χ2v) is 10.8. The Balaban J connectivity index is 2.00. The van der Waals surface area contributed by atoms with Gasteiger partial charge in [-0.3, -0.25) is 4.79 Å². The number of rotatable bonds is 1. The first-order valence-corrected chi connectivity index (χ1v) is 11.1. The van der Waals surface area contributed by atoms with Gasteiger partial charge in [-0.25, -0.2) is 0 Å². The second-order valence-electron chi connectivity index (χ2n) is 10.8. The lowest BCUT2D eigenvalue weighted by atomic mass is 9.71. The Hall–Kier alpha value is -2.93. The zero-order valence-electron chi connectivity index (χ0n) is 19.8. The molecule has 0 spiro atoms. The van der Waals surface area contributed by atoms with Crippen molar-refractivity contribution in [3.63, 3.8) is 0 Å². The number of allylic oxidation sites excluding steroid dienone is 7. The minimum Gasteiger partial charge on any atom is -0.289 e. The molecular formula is C30H32O. The third kappa shape index (κ3) is 3.90. The maximum atomic E-state index is 13.4. The van der Waals surface area contributed by atoms with Crippen molar-refractivity contribution in [2.24, 2.45) is 10.8 Å². The summed E-state index contributed by atoms with van der Waals surface area (Å²) in [6.45, 7) is 14.9. The molecule has 1 nitrogen and oxygen atoms in total. The van der Waals surface area contributed by atoms with Crippen LogP contribution < -0.4 is 0 Å². The number of Topliss-reactive ketones (excluding diaryl/α,β-unsaturated/α-hetero) is 1. The van der Waals surface area contributed by atoms with Crippen LogP contribution in [0.1, 0.15) is 63.8 Å². The van der Waals surface area contributed by atoms with E-state index in [1.165, 1.54) is 33.4 Å². The van der Waals surface area contributed by atoms with Gasteiger partial charge in [0.2, 0.25) is 0 Å². The number of hydrogen-bond acceptors (Lipinski definition) is 1. The molecule has 0 heterocycles. The molecule has 0 aromatic heterocycles. The molecule has 0 fully saturated rings. The van der Waals surface area contributed by atoms with Crippen LogP contribution in [0.15, 0.2) is 83.5 Å². The molecule has 0 saturated heterocycles. The van der Waals surface area contributed by atoms with Gasteiger partial charge in [0.15, 0.2) is 5.78 Å². The zero-order valence-corrected chi connectivity index (χ0v) is 19.8. The topological polar surface area (TPSA) is 17.1 Å². The van der Waals surface area contributed by atoms with Crippen LogP contribution in [0.2, 0.25) is 0 Å². The summed E-state index contributed by atoms with van der Waals surface area (Å²) >= 11 is 0. The third-order valence-corrected chi connectivity index (χ3v) is 6.17. The molecule has 0 unspecified atom stereocenters. The molecule has 0 bridgehead atoms. The van der Waals surface area contributed by atoms with Crippen molar-refractivity contribution in [1.29, 1.82) is 0 Å². The molecule has 0 atom stereocenters. The van der Waals surface area contributed by atoms with E-state index >= 15 is 0 Å². The molecular weight excluding hydrogens is 376 g/mol. The van der Waals surface area contributed by atoms with Gasteiger partial charge in [-0.15, -0.1) is 0 Å². The SMILES string of the molecule is Cc1ccc(C2=CC(=C3C=C(C(C)(C)C)C(=O)C(C(C)(C)C)=C3)c3ccccc32)cc1. The van der Waals surface area contributed by atoms with E-state index in [4.69, 9.17) is 0 Å². The van der Waals surface area contributed by atoms with E-state index in [2.05, 4.69) is 115 Å². The standard InChI is InChI=1S/C30H32O/c1-19-12-14-20(15-13-19)24-18-25(23-11-9-8-10-22(23)24)21-16-26(29(2,3)4)28(31)27(17-21)30(5,6)7/h8-18H,1-7H3. The molecule has 31 heavy (non-hydrogen) atoms. The fraction of sp³-hybridized carbons (Fsp3) is 0.300. The molecule has 0 N–H and O–H groups in total. The lowest BCUT2D eigenvalue weighted by molar-refractivity contribution is -0.114. The molecule has 0 saturated carbocycles. The van der Waals surface area contributed by atoms with Crippen LogP contribution in [-0.4, -0.2) is 5.78 Å². The first kappa shape index (κ1) is 21.3. The fourth-order valence-electron chi connectivity index (χ4n) is 4.36. The second kappa shape index (κ2) is 7.34. The van der Waals surface area contributed by atoms with Crippen molar-refractivity contribution in [1.82, 2.24) is 0 Å². The number of ketones is 1. The van der Waals surface area contributed by atoms with Crippen molar-refractivity contribution in [2.75, 3.05) is 0 Å². The summed E-state index contributed by atoms with van der Waals surface area (Å²) in [6.07, 6.45) is 6.55. The largest absolute Gasteiger partial charge is 0.289 e. The Morgan fingerprint density at radius 2 is 1.16 bits per heavy atom. The number of carbonyl (C=O) groups is 1. The van der Waals surface area contributed by atoms with Gasteiger partial charge in [0.1, 0.15) is 0 Å². The average molecular weight is 409 g/mol. The van der Waals surface area contributed by atoms with E-state index in [9.17, 15) is 4.79 Å². The van der Waals surface area contributed by atoms with Crippen LogP contribution in [0.4, 0.5) is 0 Å². The van der Waals surface area contributed by atoms with E-state index in [0.29, 0.717) is 0 Å². The van der Waals surface area contributed by atoms with Crippen LogP contribution in [-0.2, 0) is 4.79 Å². The normalized spacial score (nSPS) is 16.7. The number of hydrogen-bond donors (Lipinski definition) is 0. The Bertz CT molecular complexity index is 1140. The van der Waals surface area contributed by atoms with Crippen molar-refractivity contribution >= 4 is 16.9 Å². The third-order valence-electron chi connectivity index (χ3n) is 6.17. The summed E-state index contributed by atoms with van der Waals surface area (Å²) in [5.41, 5.74) is 9.88. The Labute approximate surface area is 186 Å². The minimum absolute atomic E-state index is 0.179. The van der Waals surface area contributed by atoms with E-state index < -0.39 is 0 Å². The van der Waals surface area contributed by atoms with Gasteiger partial charge >= 0.3 is 0 Å². The van der Waals surface area contributed by atoms with E-state index in [1.54, 1.807) is 0 Å². The van der Waals surface area contributed by atoms with E-state index in [1.807, 2.05) is 0 Å². The quantitative estimate of drug-likeness (QED) is 0.472. The van der Waals surface area contributed by atoms with Crippen molar-refractivity contribution < 1.29 is 4.79 Å². The Morgan fingerprint density at radius 3 is 1.68 bits per heavy atom. The number of aryl methyl sites for hydroxylation is 1. The molecule has 2 aliphatic carbocycles. The van der Waals surface area contributed by atoms with Gasteiger partial charge < -0.3 is 0 Å². The zero-order chi connectivity index (χ0) is 22.6. The van der Waals surface area contributed by atoms with Crippen LogP contribution in [0, 0.1) is 17.8 Å². The summed E-state index contributed by atoms with van der Waals surface area (Å²) in [4.78, 5) is 13.4. The van der Waals surface area contributed by atoms with Crippen molar-refractivity contribution in [3.8, 4) is 0 Å². The predicted molar refractivity (Wildman–Crippen MR) is 132 cm³/mol. The minimum atomic E-state index is -0.213. The highest BCUT2D eigenvalue weighted by atomic mass is 16.1. The van der Waals surface area contributed by atoms with Crippen LogP contribution >= 0.6 is 0 Å². The highest BCUT2D eigenvalue weighted by Crippen LogP contribution is 2.45. The van der Waals surface area contributed by atoms with Crippen LogP contribution in [0.3, 0.4) is 0 Å². The Morgan fingerprint density at radius 1 is 0.645 bits per heavy atom. The average Bonchev–Trinajstić information content (AvgIpc) is 3.07. The molecule has 0 radical (unpaired) electrons. The lowest BCUT2D eigenvalue weighted by Crippen LogP contribution is -2.28. The summed E-state index contributed by atoms with van der Waals surface area (Å²) < 4.78 is 0. The van der Waals surface area contributed by atoms with Crippen molar-refractivity contribution in [2.45, 2.75) is 48.5 Å². The molecule has 2 aliphatic rings. The molecule has 2 aromatic carbocycles. The van der Waals surface area contributed by atoms with Gasteiger partial charge in [0, 0.05) is 11.1 Å². The van der Waals surface area contributed by atoms with Gasteiger partial charge in [-0.2, -0.15) is 0 Å². The molecule has 1 heteroatoms. The molecule has 2 aromatic rings. The summed E-state index contributed by atoms with van der Waals surface area (Å²) in [5, 5.41) is 0.